The molecule has 1 aromatic rings. The largest absolute Gasteiger partial charge is 0.136 e. The Kier molecular flexibility index (Phi) is 6.46. The van der Waals surface area contributed by atoms with E-state index in [1.807, 2.05) is 0 Å². The minimum atomic E-state index is -0.378. The van der Waals surface area contributed by atoms with Gasteiger partial charge in [0.1, 0.15) is 31.4 Å². The van der Waals surface area contributed by atoms with Gasteiger partial charge in [-0.3, -0.25) is 0 Å². The van der Waals surface area contributed by atoms with Gasteiger partial charge in [0.2, 0.25) is 0 Å². The van der Waals surface area contributed by atoms with Crippen LogP contribution >= 0.6 is 15.9 Å². The molecule has 12 radical (unpaired) electrons. The summed E-state index contributed by atoms with van der Waals surface area (Å²) in [5.74, 6) is 0.624. The third-order valence-corrected chi connectivity index (χ3v) is 3.36. The fraction of sp³-hybridized carbons (Fsp3) is 0.167. The zero-order chi connectivity index (χ0) is 14.6. The van der Waals surface area contributed by atoms with Crippen molar-refractivity contribution in [1.29, 1.82) is 0 Å². The van der Waals surface area contributed by atoms with Crippen LogP contribution in [0.3, 0.4) is 0 Å². The summed E-state index contributed by atoms with van der Waals surface area (Å²) in [4.78, 5) is 0. The Hall–Kier alpha value is -0.430. The first-order valence-electron chi connectivity index (χ1n) is 5.59. The van der Waals surface area contributed by atoms with Gasteiger partial charge >= 0.3 is 0 Å². The molecular weight excluding hydrogens is 289 g/mol. The minimum Gasteiger partial charge on any atom is -0.136 e. The molecule has 0 nitrogen and oxygen atoms in total. The van der Waals surface area contributed by atoms with Gasteiger partial charge in [-0.15, -0.1) is 17.5 Å². The van der Waals surface area contributed by atoms with E-state index in [0.29, 0.717) is 20.9 Å². The second-order valence-corrected chi connectivity index (χ2v) is 4.94. The van der Waals surface area contributed by atoms with Gasteiger partial charge in [-0.1, -0.05) is 50.6 Å². The number of benzene rings is 1. The van der Waals surface area contributed by atoms with E-state index in [-0.39, 0.29) is 11.6 Å². The Bertz CT molecular complexity index is 511. The third kappa shape index (κ3) is 4.27. The number of halogens is 1. The highest BCUT2D eigenvalue weighted by Gasteiger charge is 2.07. The van der Waals surface area contributed by atoms with E-state index in [1.54, 1.807) is 24.3 Å². The van der Waals surface area contributed by atoms with E-state index >= 15 is 0 Å². The quantitative estimate of drug-likeness (QED) is 0.654. The van der Waals surface area contributed by atoms with Crippen LogP contribution in [-0.4, -0.2) is 47.1 Å². The molecule has 0 N–H and O–H groups in total. The van der Waals surface area contributed by atoms with E-state index in [2.05, 4.69) is 15.9 Å². The smallest absolute Gasteiger partial charge is 0.114 e. The van der Waals surface area contributed by atoms with Gasteiger partial charge < -0.3 is 0 Å². The summed E-state index contributed by atoms with van der Waals surface area (Å²) in [7, 11) is 34.4. The maximum atomic E-state index is 5.89. The molecule has 1 aromatic carbocycles. The van der Waals surface area contributed by atoms with Gasteiger partial charge in [0, 0.05) is 4.47 Å². The predicted molar refractivity (Wildman–Crippen MR) is 93.2 cm³/mol. The van der Waals surface area contributed by atoms with Crippen molar-refractivity contribution in [2.75, 3.05) is 0 Å². The average Bonchev–Trinajstić information content (AvgIpc) is 2.38. The molecule has 80 valence electrons. The summed E-state index contributed by atoms with van der Waals surface area (Å²) < 4.78 is 0.679. The van der Waals surface area contributed by atoms with Crippen molar-refractivity contribution in [1.82, 2.24) is 0 Å². The summed E-state index contributed by atoms with van der Waals surface area (Å²) in [6, 6.07) is 1.77. The third-order valence-electron chi connectivity index (χ3n) is 2.71. The van der Waals surface area contributed by atoms with Gasteiger partial charge in [0.25, 0.3) is 0 Å². The van der Waals surface area contributed by atoms with Crippen LogP contribution in [0.25, 0.3) is 6.08 Å². The molecule has 1 rings (SSSR count). The Balaban J connectivity index is 3.00. The highest BCUT2D eigenvalue weighted by molar-refractivity contribution is 9.10. The molecule has 19 heavy (non-hydrogen) atoms. The predicted octanol–water partition coefficient (Wildman–Crippen LogP) is -0.560. The molecule has 2 atom stereocenters. The molecule has 0 spiro atoms. The molecule has 2 unspecified atom stereocenters. The van der Waals surface area contributed by atoms with Crippen molar-refractivity contribution < 1.29 is 0 Å². The molecule has 7 heteroatoms. The van der Waals surface area contributed by atoms with Crippen molar-refractivity contribution in [3.8, 4) is 0 Å². The van der Waals surface area contributed by atoms with E-state index in [4.69, 9.17) is 47.1 Å². The number of rotatable bonds is 4. The Morgan fingerprint density at radius 3 is 2.11 bits per heavy atom. The van der Waals surface area contributed by atoms with Crippen LogP contribution in [0, 0.1) is 0 Å². The molecule has 0 aromatic heterocycles. The summed E-state index contributed by atoms with van der Waals surface area (Å²) in [5, 5.41) is 0. The second kappa shape index (κ2) is 7.38. The Labute approximate surface area is 131 Å². The summed E-state index contributed by atoms with van der Waals surface area (Å²) >= 11 is 3.31. The number of hydrogen-bond acceptors (Lipinski definition) is 0. The average molecular weight is 296 g/mol. The fourth-order valence-electron chi connectivity index (χ4n) is 1.46. The highest BCUT2D eigenvalue weighted by Crippen LogP contribution is 2.21. The maximum absolute atomic E-state index is 5.89. The van der Waals surface area contributed by atoms with E-state index in [1.165, 1.54) is 5.98 Å². The zero-order valence-electron chi connectivity index (χ0n) is 10.4. The molecule has 0 aliphatic carbocycles. The normalized spacial score (nSPS) is 15.0. The van der Waals surface area contributed by atoms with Crippen molar-refractivity contribution in [3.05, 3.63) is 34.2 Å². The van der Waals surface area contributed by atoms with Crippen molar-refractivity contribution in [2.24, 2.45) is 0 Å². The summed E-state index contributed by atoms with van der Waals surface area (Å²) in [6.07, 6.45) is 5.11. The second-order valence-electron chi connectivity index (χ2n) is 4.09. The van der Waals surface area contributed by atoms with Crippen LogP contribution in [0.1, 0.15) is 5.56 Å². The summed E-state index contributed by atoms with van der Waals surface area (Å²) in [5.41, 5.74) is 1.89. The Morgan fingerprint density at radius 1 is 0.947 bits per heavy atom. The maximum Gasteiger partial charge on any atom is 0.114 e. The lowest BCUT2D eigenvalue weighted by atomic mass is 9.65. The number of hydrogen-bond donors (Lipinski definition) is 0. The first kappa shape index (κ1) is 16.6. The first-order chi connectivity index (χ1) is 8.88. The lowest BCUT2D eigenvalue weighted by Crippen LogP contribution is -2.41. The van der Waals surface area contributed by atoms with Crippen molar-refractivity contribution in [2.45, 2.75) is 11.6 Å². The molecule has 0 saturated carbocycles. The zero-order valence-corrected chi connectivity index (χ0v) is 12.0. The molecule has 0 saturated heterocycles. The summed E-state index contributed by atoms with van der Waals surface area (Å²) in [6.45, 7) is 0. The van der Waals surface area contributed by atoms with Crippen LogP contribution in [0.15, 0.2) is 28.7 Å². The van der Waals surface area contributed by atoms with Gasteiger partial charge in [-0.25, -0.2) is 0 Å². The van der Waals surface area contributed by atoms with E-state index < -0.39 is 0 Å². The molecule has 0 fully saturated rings. The SMILES string of the molecule is [B]/C=C/C([B])C([B])/C=C/c1cc(Br)c([B])c([B])c1[B]. The fourth-order valence-corrected chi connectivity index (χ4v) is 1.92. The highest BCUT2D eigenvalue weighted by atomic mass is 79.9. The number of allylic oxidation sites excluding steroid dienone is 2. The molecule has 0 aliphatic rings. The van der Waals surface area contributed by atoms with Crippen LogP contribution in [0.4, 0.5) is 0 Å². The molecule has 0 heterocycles. The van der Waals surface area contributed by atoms with Crippen LogP contribution in [0.5, 0.6) is 0 Å². The van der Waals surface area contributed by atoms with Gasteiger partial charge in [-0.2, -0.15) is 0 Å². The van der Waals surface area contributed by atoms with Crippen molar-refractivity contribution >= 4 is 85.5 Å². The molecular formula is C12H7B6Br. The van der Waals surface area contributed by atoms with E-state index in [0.717, 1.165) is 5.56 Å². The lowest BCUT2D eigenvalue weighted by molar-refractivity contribution is 1.04. The van der Waals surface area contributed by atoms with Gasteiger partial charge in [-0.05, 0) is 11.6 Å². The van der Waals surface area contributed by atoms with Crippen LogP contribution in [0.2, 0.25) is 11.6 Å². The first-order valence-corrected chi connectivity index (χ1v) is 6.38. The van der Waals surface area contributed by atoms with Crippen LogP contribution in [-0.2, 0) is 0 Å². The lowest BCUT2D eigenvalue weighted by Gasteiger charge is -2.15. The molecule has 0 bridgehead atoms. The van der Waals surface area contributed by atoms with Crippen LogP contribution < -0.4 is 16.4 Å². The van der Waals surface area contributed by atoms with Crippen molar-refractivity contribution in [3.63, 3.8) is 0 Å². The standard InChI is InChI=1S/C12H7B6Br/c13-4-3-8(15)7(14)2-1-6-5-9(19)11(17)12(18)10(6)16/h1-5,7-8H/b2-1+,4-3+. The topological polar surface area (TPSA) is 0 Å². The van der Waals surface area contributed by atoms with E-state index in [9.17, 15) is 0 Å². The Morgan fingerprint density at radius 2 is 1.53 bits per heavy atom. The molecule has 0 aliphatic heterocycles. The molecule has 0 amide bonds. The monoisotopic (exact) mass is 296 g/mol. The minimum absolute atomic E-state index is 0.341. The van der Waals surface area contributed by atoms with Gasteiger partial charge in [0.15, 0.2) is 0 Å². The van der Waals surface area contributed by atoms with Gasteiger partial charge in [0.05, 0.1) is 15.7 Å².